The van der Waals surface area contributed by atoms with Crippen molar-refractivity contribution >= 4 is 12.1 Å². The third-order valence-electron chi connectivity index (χ3n) is 3.21. The Morgan fingerprint density at radius 2 is 2.00 bits per heavy atom. The molecule has 1 unspecified atom stereocenters. The minimum absolute atomic E-state index is 0.127. The van der Waals surface area contributed by atoms with Crippen LogP contribution < -0.4 is 5.32 Å². The van der Waals surface area contributed by atoms with Crippen LogP contribution in [0.1, 0.15) is 29.3 Å². The lowest BCUT2D eigenvalue weighted by Gasteiger charge is -2.17. The number of amides is 1. The van der Waals surface area contributed by atoms with E-state index in [1.165, 1.54) is 0 Å². The van der Waals surface area contributed by atoms with Crippen molar-refractivity contribution in [2.45, 2.75) is 26.0 Å². The minimum Gasteiger partial charge on any atom is -0.481 e. The number of carbonyl (C=O) groups excluding carboxylic acids is 1. The fourth-order valence-electron chi connectivity index (χ4n) is 2.12. The standard InChI is InChI=1S/C17H18N2O4/c1-12-9-14(7-8-18-12)15(10-16(20)21)19-17(22)23-11-13-5-3-2-4-6-13/h2-9,15H,10-11H2,1H3,(H,19,22)(H,20,21). The Kier molecular flexibility index (Phi) is 5.68. The molecule has 0 fully saturated rings. The van der Waals surface area contributed by atoms with Crippen molar-refractivity contribution in [1.29, 1.82) is 0 Å². The monoisotopic (exact) mass is 314 g/mol. The lowest BCUT2D eigenvalue weighted by Crippen LogP contribution is -2.30. The largest absolute Gasteiger partial charge is 0.481 e. The van der Waals surface area contributed by atoms with Gasteiger partial charge in [0.05, 0.1) is 12.5 Å². The third kappa shape index (κ3) is 5.43. The van der Waals surface area contributed by atoms with Crippen LogP contribution in [0.5, 0.6) is 0 Å². The molecule has 1 aromatic heterocycles. The van der Waals surface area contributed by atoms with Gasteiger partial charge in [-0.05, 0) is 30.2 Å². The Morgan fingerprint density at radius 3 is 2.65 bits per heavy atom. The van der Waals surface area contributed by atoms with Gasteiger partial charge in [-0.2, -0.15) is 0 Å². The van der Waals surface area contributed by atoms with Crippen LogP contribution in [0.25, 0.3) is 0 Å². The molecule has 0 spiro atoms. The lowest BCUT2D eigenvalue weighted by atomic mass is 10.0. The summed E-state index contributed by atoms with van der Waals surface area (Å²) in [4.78, 5) is 27.0. The zero-order valence-corrected chi connectivity index (χ0v) is 12.7. The van der Waals surface area contributed by atoms with Crippen LogP contribution in [0.4, 0.5) is 4.79 Å². The maximum absolute atomic E-state index is 11.9. The first-order chi connectivity index (χ1) is 11.0. The summed E-state index contributed by atoms with van der Waals surface area (Å²) in [6, 6.07) is 12.0. The molecule has 0 bridgehead atoms. The van der Waals surface area contributed by atoms with Gasteiger partial charge in [-0.15, -0.1) is 0 Å². The molecule has 0 radical (unpaired) electrons. The van der Waals surface area contributed by atoms with Crippen LogP contribution >= 0.6 is 0 Å². The van der Waals surface area contributed by atoms with Crippen molar-refractivity contribution < 1.29 is 19.4 Å². The van der Waals surface area contributed by atoms with Crippen molar-refractivity contribution in [1.82, 2.24) is 10.3 Å². The molecule has 0 saturated heterocycles. The van der Waals surface area contributed by atoms with E-state index in [1.807, 2.05) is 30.3 Å². The molecule has 1 amide bonds. The summed E-state index contributed by atoms with van der Waals surface area (Å²) in [6.45, 7) is 1.93. The Bertz CT molecular complexity index is 673. The number of nitrogens with zero attached hydrogens (tertiary/aromatic N) is 1. The summed E-state index contributed by atoms with van der Waals surface area (Å²) < 4.78 is 5.13. The molecule has 120 valence electrons. The number of pyridine rings is 1. The Morgan fingerprint density at radius 1 is 1.26 bits per heavy atom. The number of aryl methyl sites for hydroxylation is 1. The molecule has 0 aliphatic rings. The van der Waals surface area contributed by atoms with Gasteiger partial charge in [0.25, 0.3) is 0 Å². The first-order valence-electron chi connectivity index (χ1n) is 7.16. The van der Waals surface area contributed by atoms with E-state index in [4.69, 9.17) is 9.84 Å². The number of alkyl carbamates (subject to hydrolysis) is 1. The van der Waals surface area contributed by atoms with Crippen LogP contribution in [0.3, 0.4) is 0 Å². The molecule has 0 aliphatic carbocycles. The zero-order chi connectivity index (χ0) is 16.7. The number of aliphatic carboxylic acids is 1. The average molecular weight is 314 g/mol. The molecule has 2 aromatic rings. The number of ether oxygens (including phenoxy) is 1. The average Bonchev–Trinajstić information content (AvgIpc) is 2.53. The number of benzene rings is 1. The molecule has 1 atom stereocenters. The molecule has 0 saturated carbocycles. The number of rotatable bonds is 6. The molecule has 2 rings (SSSR count). The summed E-state index contributed by atoms with van der Waals surface area (Å²) in [5.74, 6) is -1.01. The summed E-state index contributed by atoms with van der Waals surface area (Å²) >= 11 is 0. The van der Waals surface area contributed by atoms with E-state index in [0.29, 0.717) is 5.56 Å². The van der Waals surface area contributed by atoms with Gasteiger partial charge in [0.2, 0.25) is 0 Å². The zero-order valence-electron chi connectivity index (χ0n) is 12.7. The van der Waals surface area contributed by atoms with Crippen molar-refractivity contribution in [2.24, 2.45) is 0 Å². The van der Waals surface area contributed by atoms with Crippen molar-refractivity contribution in [3.8, 4) is 0 Å². The second kappa shape index (κ2) is 7.93. The van der Waals surface area contributed by atoms with Gasteiger partial charge in [0, 0.05) is 11.9 Å². The third-order valence-corrected chi connectivity index (χ3v) is 3.21. The second-order valence-corrected chi connectivity index (χ2v) is 5.09. The van der Waals surface area contributed by atoms with E-state index in [-0.39, 0.29) is 13.0 Å². The summed E-state index contributed by atoms with van der Waals surface area (Å²) in [7, 11) is 0. The Labute approximate surface area is 134 Å². The minimum atomic E-state index is -1.01. The van der Waals surface area contributed by atoms with E-state index in [1.54, 1.807) is 25.3 Å². The summed E-state index contributed by atoms with van der Waals surface area (Å²) in [5, 5.41) is 11.6. The molecular formula is C17H18N2O4. The van der Waals surface area contributed by atoms with Crippen LogP contribution in [-0.2, 0) is 16.1 Å². The first-order valence-corrected chi connectivity index (χ1v) is 7.16. The number of hydrogen-bond donors (Lipinski definition) is 2. The van der Waals surface area contributed by atoms with Gasteiger partial charge < -0.3 is 15.2 Å². The highest BCUT2D eigenvalue weighted by Gasteiger charge is 2.19. The van der Waals surface area contributed by atoms with Crippen LogP contribution in [0, 0.1) is 6.92 Å². The number of carbonyl (C=O) groups is 2. The van der Waals surface area contributed by atoms with E-state index in [2.05, 4.69) is 10.3 Å². The van der Waals surface area contributed by atoms with Gasteiger partial charge >= 0.3 is 12.1 Å². The highest BCUT2D eigenvalue weighted by atomic mass is 16.5. The number of hydrogen-bond acceptors (Lipinski definition) is 4. The Hall–Kier alpha value is -2.89. The van der Waals surface area contributed by atoms with Gasteiger partial charge in [-0.1, -0.05) is 30.3 Å². The fraction of sp³-hybridized carbons (Fsp3) is 0.235. The normalized spacial score (nSPS) is 11.5. The number of aromatic nitrogens is 1. The number of carboxylic acids is 1. The second-order valence-electron chi connectivity index (χ2n) is 5.09. The summed E-state index contributed by atoms with van der Waals surface area (Å²) in [6.07, 6.45) is 0.690. The van der Waals surface area contributed by atoms with Crippen molar-refractivity contribution in [3.05, 3.63) is 65.5 Å². The van der Waals surface area contributed by atoms with Gasteiger partial charge in [-0.3, -0.25) is 9.78 Å². The number of carboxylic acid groups (broad SMARTS) is 1. The fourth-order valence-corrected chi connectivity index (χ4v) is 2.12. The van der Waals surface area contributed by atoms with E-state index >= 15 is 0 Å². The molecule has 1 heterocycles. The molecule has 23 heavy (non-hydrogen) atoms. The molecule has 6 nitrogen and oxygen atoms in total. The summed E-state index contributed by atoms with van der Waals surface area (Å²) in [5.41, 5.74) is 2.28. The highest BCUT2D eigenvalue weighted by Crippen LogP contribution is 2.17. The molecule has 2 N–H and O–H groups in total. The quantitative estimate of drug-likeness (QED) is 0.856. The Balaban J connectivity index is 1.99. The van der Waals surface area contributed by atoms with E-state index < -0.39 is 18.1 Å². The van der Waals surface area contributed by atoms with Crippen molar-refractivity contribution in [3.63, 3.8) is 0 Å². The van der Waals surface area contributed by atoms with Gasteiger partial charge in [-0.25, -0.2) is 4.79 Å². The van der Waals surface area contributed by atoms with Gasteiger partial charge in [0.1, 0.15) is 6.61 Å². The van der Waals surface area contributed by atoms with Crippen LogP contribution in [-0.4, -0.2) is 22.2 Å². The predicted molar refractivity (Wildman–Crippen MR) is 83.7 cm³/mol. The molecule has 6 heteroatoms. The van der Waals surface area contributed by atoms with E-state index in [9.17, 15) is 9.59 Å². The maximum Gasteiger partial charge on any atom is 0.407 e. The van der Waals surface area contributed by atoms with E-state index in [0.717, 1.165) is 11.3 Å². The van der Waals surface area contributed by atoms with Crippen LogP contribution in [0.2, 0.25) is 0 Å². The molecule has 1 aromatic carbocycles. The molecular weight excluding hydrogens is 296 g/mol. The highest BCUT2D eigenvalue weighted by molar-refractivity contribution is 5.72. The topological polar surface area (TPSA) is 88.5 Å². The molecule has 0 aliphatic heterocycles. The van der Waals surface area contributed by atoms with Gasteiger partial charge in [0.15, 0.2) is 0 Å². The number of nitrogens with one attached hydrogen (secondary N) is 1. The SMILES string of the molecule is Cc1cc(C(CC(=O)O)NC(=O)OCc2ccccc2)ccn1. The van der Waals surface area contributed by atoms with Crippen molar-refractivity contribution in [2.75, 3.05) is 0 Å². The van der Waals surface area contributed by atoms with Crippen LogP contribution in [0.15, 0.2) is 48.7 Å². The predicted octanol–water partition coefficient (Wildman–Crippen LogP) is 2.83. The smallest absolute Gasteiger partial charge is 0.407 e. The lowest BCUT2D eigenvalue weighted by molar-refractivity contribution is -0.137. The maximum atomic E-state index is 11.9. The first kappa shape index (κ1) is 16.5.